The molecule has 0 saturated heterocycles. The Kier molecular flexibility index (Phi) is 7.59. The van der Waals surface area contributed by atoms with Gasteiger partial charge in [0.05, 0.1) is 0 Å². The van der Waals surface area contributed by atoms with Crippen LogP contribution in [0, 0.1) is 17.3 Å². The van der Waals surface area contributed by atoms with Crippen molar-refractivity contribution in [1.29, 1.82) is 0 Å². The van der Waals surface area contributed by atoms with Crippen molar-refractivity contribution in [2.45, 2.75) is 79.2 Å². The Morgan fingerprint density at radius 3 is 2.70 bits per heavy atom. The Hall–Kier alpha value is -1.70. The molecular weight excluding hydrogens is 328 g/mol. The smallest absolute Gasteiger partial charge is 0.0267 e. The van der Waals surface area contributed by atoms with Crippen LogP contribution in [0.25, 0.3) is 0 Å². The van der Waals surface area contributed by atoms with E-state index in [-0.39, 0.29) is 0 Å². The van der Waals surface area contributed by atoms with Crippen LogP contribution in [0.3, 0.4) is 0 Å². The second-order valence-corrected chi connectivity index (χ2v) is 9.03. The molecule has 4 unspecified atom stereocenters. The van der Waals surface area contributed by atoms with Crippen molar-refractivity contribution in [3.05, 3.63) is 60.1 Å². The summed E-state index contributed by atoms with van der Waals surface area (Å²) in [6, 6.07) is 0.505. The number of rotatable bonds is 4. The summed E-state index contributed by atoms with van der Waals surface area (Å²) in [5.41, 5.74) is 5.68. The maximum atomic E-state index is 4.29. The van der Waals surface area contributed by atoms with Gasteiger partial charge in [0.1, 0.15) is 0 Å². The standard InChI is InChI=1S/C25H40N2/c1-8-19(4)9-10-23-15-25(16-24(25)18(2)3)13-11-20(5)21(6)12-14-26-17-22(7)27-23/h8,12,14,17,20,23-24,26-27H,2,6,9-11,13,15-16H2,1,3-5,7H3/b14-12-,19-8-,22-17-. The van der Waals surface area contributed by atoms with Gasteiger partial charge in [-0.3, -0.25) is 0 Å². The summed E-state index contributed by atoms with van der Waals surface area (Å²) >= 11 is 0. The molecule has 150 valence electrons. The van der Waals surface area contributed by atoms with Crippen LogP contribution in [0.5, 0.6) is 0 Å². The van der Waals surface area contributed by atoms with Crippen molar-refractivity contribution in [2.24, 2.45) is 17.3 Å². The summed E-state index contributed by atoms with van der Waals surface area (Å²) in [4.78, 5) is 0. The molecule has 1 aliphatic heterocycles. The summed E-state index contributed by atoms with van der Waals surface area (Å²) in [6.45, 7) is 19.6. The number of hydrogen-bond acceptors (Lipinski definition) is 2. The van der Waals surface area contributed by atoms with Gasteiger partial charge >= 0.3 is 0 Å². The van der Waals surface area contributed by atoms with E-state index in [1.165, 1.54) is 54.5 Å². The normalized spacial score (nSPS) is 35.6. The van der Waals surface area contributed by atoms with Crippen LogP contribution in [0.15, 0.2) is 60.1 Å². The molecule has 1 fully saturated rings. The largest absolute Gasteiger partial charge is 0.385 e. The lowest BCUT2D eigenvalue weighted by Gasteiger charge is -2.28. The minimum Gasteiger partial charge on any atom is -0.385 e. The lowest BCUT2D eigenvalue weighted by atomic mass is 9.83. The van der Waals surface area contributed by atoms with Gasteiger partial charge in [0.2, 0.25) is 0 Å². The molecule has 0 amide bonds. The third kappa shape index (κ3) is 6.16. The van der Waals surface area contributed by atoms with Crippen LogP contribution in [-0.4, -0.2) is 6.04 Å². The fourth-order valence-electron chi connectivity index (χ4n) is 4.46. The number of hydrogen-bond donors (Lipinski definition) is 2. The summed E-state index contributed by atoms with van der Waals surface area (Å²) in [6.07, 6.45) is 15.8. The zero-order valence-corrected chi connectivity index (χ0v) is 18.2. The Morgan fingerprint density at radius 1 is 1.33 bits per heavy atom. The van der Waals surface area contributed by atoms with E-state index in [4.69, 9.17) is 0 Å². The van der Waals surface area contributed by atoms with E-state index < -0.39 is 0 Å². The maximum absolute atomic E-state index is 4.29. The molecule has 0 radical (unpaired) electrons. The molecule has 2 heteroatoms. The first-order valence-electron chi connectivity index (χ1n) is 10.6. The van der Waals surface area contributed by atoms with Crippen molar-refractivity contribution >= 4 is 0 Å². The highest BCUT2D eigenvalue weighted by Gasteiger charge is 2.54. The molecule has 0 bridgehead atoms. The van der Waals surface area contributed by atoms with E-state index in [0.29, 0.717) is 23.3 Å². The van der Waals surface area contributed by atoms with Gasteiger partial charge in [0.25, 0.3) is 0 Å². The zero-order chi connectivity index (χ0) is 20.0. The first kappa shape index (κ1) is 21.6. The van der Waals surface area contributed by atoms with Gasteiger partial charge in [-0.2, -0.15) is 0 Å². The topological polar surface area (TPSA) is 24.1 Å². The third-order valence-electron chi connectivity index (χ3n) is 6.65. The molecule has 2 aliphatic rings. The molecule has 0 aromatic rings. The second kappa shape index (κ2) is 9.48. The minimum atomic E-state index is 0.424. The molecule has 0 aromatic heterocycles. The van der Waals surface area contributed by atoms with Crippen LogP contribution in [0.2, 0.25) is 0 Å². The SMILES string of the molecule is C=C1/C=C\N/C=C(/C)NC(CC/C(C)=C\C)CC2(CCC1C)CC2C(=C)C. The van der Waals surface area contributed by atoms with Crippen molar-refractivity contribution in [3.8, 4) is 0 Å². The van der Waals surface area contributed by atoms with E-state index in [1.54, 1.807) is 0 Å². The molecule has 2 N–H and O–H groups in total. The molecular formula is C25H40N2. The molecule has 1 saturated carbocycles. The molecule has 27 heavy (non-hydrogen) atoms. The summed E-state index contributed by atoms with van der Waals surface area (Å²) in [5, 5.41) is 7.09. The van der Waals surface area contributed by atoms with Crippen LogP contribution in [0.4, 0.5) is 0 Å². The fraction of sp³-hybridized carbons (Fsp3) is 0.600. The van der Waals surface area contributed by atoms with Crippen LogP contribution >= 0.6 is 0 Å². The molecule has 4 atom stereocenters. The first-order chi connectivity index (χ1) is 12.8. The summed E-state index contributed by atoms with van der Waals surface area (Å²) in [5.74, 6) is 1.21. The highest BCUT2D eigenvalue weighted by Crippen LogP contribution is 2.62. The van der Waals surface area contributed by atoms with Gasteiger partial charge in [-0.15, -0.1) is 0 Å². The maximum Gasteiger partial charge on any atom is 0.0267 e. The van der Waals surface area contributed by atoms with E-state index in [9.17, 15) is 0 Å². The predicted molar refractivity (Wildman–Crippen MR) is 119 cm³/mol. The van der Waals surface area contributed by atoms with Crippen LogP contribution in [-0.2, 0) is 0 Å². The quantitative estimate of drug-likeness (QED) is 0.545. The summed E-state index contributed by atoms with van der Waals surface area (Å²) < 4.78 is 0. The average molecular weight is 369 g/mol. The van der Waals surface area contributed by atoms with Crippen LogP contribution < -0.4 is 10.6 Å². The number of nitrogens with one attached hydrogen (secondary N) is 2. The van der Waals surface area contributed by atoms with Crippen molar-refractivity contribution in [2.75, 3.05) is 0 Å². The van der Waals surface area contributed by atoms with Gasteiger partial charge in [0.15, 0.2) is 0 Å². The predicted octanol–water partition coefficient (Wildman–Crippen LogP) is 6.61. The van der Waals surface area contributed by atoms with Crippen molar-refractivity contribution in [1.82, 2.24) is 10.6 Å². The summed E-state index contributed by atoms with van der Waals surface area (Å²) in [7, 11) is 0. The highest BCUT2D eigenvalue weighted by molar-refractivity contribution is 5.21. The van der Waals surface area contributed by atoms with Crippen LogP contribution in [0.1, 0.15) is 73.1 Å². The first-order valence-corrected chi connectivity index (χ1v) is 10.6. The van der Waals surface area contributed by atoms with Gasteiger partial charge in [-0.25, -0.2) is 0 Å². The zero-order valence-electron chi connectivity index (χ0n) is 18.2. The fourth-order valence-corrected chi connectivity index (χ4v) is 4.46. The van der Waals surface area contributed by atoms with E-state index in [0.717, 1.165) is 6.42 Å². The average Bonchev–Trinajstić information content (AvgIpc) is 3.34. The Morgan fingerprint density at radius 2 is 2.07 bits per heavy atom. The Labute approximate surface area is 167 Å². The molecule has 2 nitrogen and oxygen atoms in total. The molecule has 1 spiro atoms. The number of allylic oxidation sites excluding steroid dienone is 6. The van der Waals surface area contributed by atoms with E-state index in [1.807, 2.05) is 6.20 Å². The van der Waals surface area contributed by atoms with Gasteiger partial charge in [0, 0.05) is 24.1 Å². The van der Waals surface area contributed by atoms with Gasteiger partial charge in [-0.1, -0.05) is 42.9 Å². The van der Waals surface area contributed by atoms with Crippen molar-refractivity contribution < 1.29 is 0 Å². The van der Waals surface area contributed by atoms with E-state index >= 15 is 0 Å². The molecule has 0 aromatic carbocycles. The van der Waals surface area contributed by atoms with Crippen molar-refractivity contribution in [3.63, 3.8) is 0 Å². The molecule has 1 aliphatic carbocycles. The molecule has 2 rings (SSSR count). The van der Waals surface area contributed by atoms with Gasteiger partial charge < -0.3 is 10.6 Å². The highest BCUT2D eigenvalue weighted by atomic mass is 15.0. The van der Waals surface area contributed by atoms with E-state index in [2.05, 4.69) is 76.8 Å². The lowest BCUT2D eigenvalue weighted by Crippen LogP contribution is -2.32. The Bertz CT molecular complexity index is 637. The Balaban J connectivity index is 2.22. The molecule has 1 heterocycles. The minimum absolute atomic E-state index is 0.424. The lowest BCUT2D eigenvalue weighted by molar-refractivity contribution is 0.312. The third-order valence-corrected chi connectivity index (χ3v) is 6.65. The van der Waals surface area contributed by atoms with Gasteiger partial charge in [-0.05, 0) is 89.5 Å². The monoisotopic (exact) mass is 368 g/mol. The second-order valence-electron chi connectivity index (χ2n) is 9.03.